The van der Waals surface area contributed by atoms with Crippen LogP contribution in [0.4, 0.5) is 0 Å². The highest BCUT2D eigenvalue weighted by atomic mass is 127. The molecule has 0 spiro atoms. The lowest BCUT2D eigenvalue weighted by molar-refractivity contribution is 0.0920. The van der Waals surface area contributed by atoms with E-state index in [1.165, 1.54) is 0 Å². The molecule has 4 rings (SSSR count). The minimum atomic E-state index is -0.361. The van der Waals surface area contributed by atoms with E-state index in [-0.39, 0.29) is 11.4 Å². The van der Waals surface area contributed by atoms with Crippen LogP contribution in [0.3, 0.4) is 0 Å². The molecule has 31 heavy (non-hydrogen) atoms. The van der Waals surface area contributed by atoms with Crippen molar-refractivity contribution < 1.29 is 4.79 Å². The van der Waals surface area contributed by atoms with Gasteiger partial charge in [-0.25, -0.2) is 4.98 Å². The van der Waals surface area contributed by atoms with Gasteiger partial charge in [0.05, 0.1) is 17.0 Å². The number of aromatic nitrogens is 2. The molecule has 158 valence electrons. The van der Waals surface area contributed by atoms with E-state index in [0.717, 1.165) is 26.1 Å². The molecule has 0 aliphatic rings. The van der Waals surface area contributed by atoms with E-state index in [2.05, 4.69) is 27.9 Å². The van der Waals surface area contributed by atoms with Crippen LogP contribution in [0.15, 0.2) is 60.8 Å². The number of nitrogens with one attached hydrogen (secondary N) is 1. The van der Waals surface area contributed by atoms with Crippen molar-refractivity contribution >= 4 is 57.3 Å². The molecule has 2 aromatic carbocycles. The molecule has 0 fully saturated rings. The highest BCUT2D eigenvalue weighted by molar-refractivity contribution is 14.1. The lowest BCUT2D eigenvalue weighted by atomic mass is 10.0. The van der Waals surface area contributed by atoms with E-state index < -0.39 is 0 Å². The second kappa shape index (κ2) is 8.45. The van der Waals surface area contributed by atoms with Crippen LogP contribution in [-0.4, -0.2) is 20.8 Å². The number of rotatable bonds is 3. The Hall–Kier alpha value is -2.09. The van der Waals surface area contributed by atoms with Gasteiger partial charge >= 0.3 is 0 Å². The van der Waals surface area contributed by atoms with Gasteiger partial charge in [-0.05, 0) is 73.7 Å². The van der Waals surface area contributed by atoms with E-state index in [0.29, 0.717) is 21.3 Å². The molecule has 2 aromatic heterocycles. The van der Waals surface area contributed by atoms with Crippen LogP contribution in [0.1, 0.15) is 31.1 Å². The molecule has 4 aromatic rings. The fourth-order valence-corrected chi connectivity index (χ4v) is 4.22. The molecular formula is C24H20Cl2IN3O. The van der Waals surface area contributed by atoms with Crippen LogP contribution >= 0.6 is 45.8 Å². The fourth-order valence-electron chi connectivity index (χ4n) is 3.38. The van der Waals surface area contributed by atoms with E-state index >= 15 is 0 Å². The predicted octanol–water partition coefficient (Wildman–Crippen LogP) is 7.11. The second-order valence-corrected chi connectivity index (χ2v) is 10.4. The fraction of sp³-hybridized carbons (Fsp3) is 0.167. The van der Waals surface area contributed by atoms with Crippen molar-refractivity contribution in [3.63, 3.8) is 0 Å². The molecule has 2 heterocycles. The Morgan fingerprint density at radius 2 is 1.52 bits per heavy atom. The summed E-state index contributed by atoms with van der Waals surface area (Å²) in [5, 5.41) is 4.36. The van der Waals surface area contributed by atoms with Crippen LogP contribution in [0, 0.1) is 3.57 Å². The summed E-state index contributed by atoms with van der Waals surface area (Å²) in [5.74, 6) is -0.161. The molecule has 0 bridgehead atoms. The zero-order valence-electron chi connectivity index (χ0n) is 17.2. The van der Waals surface area contributed by atoms with E-state index in [1.807, 2.05) is 86.0 Å². The standard InChI is InChI=1S/C24H20Cl2IN3O/c1-24(2,3)29-23(31)19-12-18(27)13-30-21(15-6-10-17(26)11-7-15)20(28-22(19)30)14-4-8-16(25)9-5-14/h4-13H,1-3H3,(H,29,31). The van der Waals surface area contributed by atoms with Gasteiger partial charge in [-0.15, -0.1) is 0 Å². The smallest absolute Gasteiger partial charge is 0.255 e. The summed E-state index contributed by atoms with van der Waals surface area (Å²) < 4.78 is 2.91. The van der Waals surface area contributed by atoms with Crippen molar-refractivity contribution in [2.75, 3.05) is 0 Å². The summed E-state index contributed by atoms with van der Waals surface area (Å²) in [6, 6.07) is 17.0. The Morgan fingerprint density at radius 1 is 0.968 bits per heavy atom. The van der Waals surface area contributed by atoms with E-state index in [4.69, 9.17) is 28.2 Å². The largest absolute Gasteiger partial charge is 0.347 e. The first kappa shape index (κ1) is 22.1. The lowest BCUT2D eigenvalue weighted by Gasteiger charge is -2.20. The third-order valence-electron chi connectivity index (χ3n) is 4.66. The van der Waals surface area contributed by atoms with Crippen LogP contribution < -0.4 is 5.32 Å². The second-order valence-electron chi connectivity index (χ2n) is 8.29. The number of fused-ring (bicyclic) bond motifs is 1. The topological polar surface area (TPSA) is 46.4 Å². The molecule has 0 radical (unpaired) electrons. The van der Waals surface area contributed by atoms with Gasteiger partial charge in [0.2, 0.25) is 0 Å². The van der Waals surface area contributed by atoms with Crippen LogP contribution in [0.25, 0.3) is 28.2 Å². The maximum absolute atomic E-state index is 13.1. The van der Waals surface area contributed by atoms with Gasteiger partial charge in [0.1, 0.15) is 0 Å². The summed E-state index contributed by atoms with van der Waals surface area (Å²) in [6.45, 7) is 5.87. The molecule has 4 nitrogen and oxygen atoms in total. The average molecular weight is 564 g/mol. The number of hydrogen-bond acceptors (Lipinski definition) is 2. The normalized spacial score (nSPS) is 11.7. The number of hydrogen-bond donors (Lipinski definition) is 1. The molecule has 0 aliphatic carbocycles. The molecular weight excluding hydrogens is 544 g/mol. The molecule has 0 aliphatic heterocycles. The van der Waals surface area contributed by atoms with E-state index in [1.54, 1.807) is 0 Å². The monoisotopic (exact) mass is 563 g/mol. The predicted molar refractivity (Wildman–Crippen MR) is 136 cm³/mol. The highest BCUT2D eigenvalue weighted by Crippen LogP contribution is 2.35. The third-order valence-corrected chi connectivity index (χ3v) is 5.75. The SMILES string of the molecule is CC(C)(C)NC(=O)c1cc(I)cn2c(-c3ccc(Cl)cc3)c(-c3ccc(Cl)cc3)nc12. The van der Waals surface area contributed by atoms with Crippen molar-refractivity contribution in [1.29, 1.82) is 0 Å². The first-order valence-corrected chi connectivity index (χ1v) is 11.5. The Bertz CT molecular complexity index is 1270. The Labute approximate surface area is 204 Å². The first-order chi connectivity index (χ1) is 14.6. The average Bonchev–Trinajstić information content (AvgIpc) is 3.06. The molecule has 0 atom stereocenters. The number of pyridine rings is 1. The molecule has 1 amide bonds. The van der Waals surface area contributed by atoms with Gasteiger partial charge in [0.15, 0.2) is 5.65 Å². The number of carbonyl (C=O) groups is 1. The van der Waals surface area contributed by atoms with Crippen molar-refractivity contribution in [3.8, 4) is 22.5 Å². The Morgan fingerprint density at radius 3 is 2.06 bits per heavy atom. The van der Waals surface area contributed by atoms with Crippen LogP contribution in [-0.2, 0) is 0 Å². The van der Waals surface area contributed by atoms with Gasteiger partial charge in [-0.1, -0.05) is 47.5 Å². The Balaban J connectivity index is 2.02. The highest BCUT2D eigenvalue weighted by Gasteiger charge is 2.23. The lowest BCUT2D eigenvalue weighted by Crippen LogP contribution is -2.40. The molecule has 0 saturated heterocycles. The van der Waals surface area contributed by atoms with E-state index in [9.17, 15) is 4.79 Å². The van der Waals surface area contributed by atoms with Crippen LogP contribution in [0.5, 0.6) is 0 Å². The minimum Gasteiger partial charge on any atom is -0.347 e. The van der Waals surface area contributed by atoms with Crippen LogP contribution in [0.2, 0.25) is 10.0 Å². The molecule has 1 N–H and O–H groups in total. The third kappa shape index (κ3) is 4.73. The summed E-state index contributed by atoms with van der Waals surface area (Å²) in [4.78, 5) is 18.0. The van der Waals surface area contributed by atoms with Crippen molar-refractivity contribution in [2.45, 2.75) is 26.3 Å². The summed E-state index contributed by atoms with van der Waals surface area (Å²) in [7, 11) is 0. The summed E-state index contributed by atoms with van der Waals surface area (Å²) in [6.07, 6.45) is 1.99. The van der Waals surface area contributed by atoms with Gasteiger partial charge in [0.25, 0.3) is 5.91 Å². The number of halogens is 3. The zero-order chi connectivity index (χ0) is 22.3. The van der Waals surface area contributed by atoms with Gasteiger partial charge in [0, 0.05) is 36.5 Å². The summed E-state index contributed by atoms with van der Waals surface area (Å²) >= 11 is 14.5. The number of benzene rings is 2. The maximum atomic E-state index is 13.1. The van der Waals surface area contributed by atoms with Gasteiger partial charge in [-0.2, -0.15) is 0 Å². The number of amides is 1. The summed E-state index contributed by atoms with van der Waals surface area (Å²) in [5.41, 5.74) is 4.28. The quantitative estimate of drug-likeness (QED) is 0.270. The number of nitrogens with zero attached hydrogens (tertiary/aromatic N) is 2. The first-order valence-electron chi connectivity index (χ1n) is 9.68. The number of carbonyl (C=O) groups excluding carboxylic acids is 1. The molecule has 0 saturated carbocycles. The Kier molecular flexibility index (Phi) is 6.03. The molecule has 0 unspecified atom stereocenters. The van der Waals surface area contributed by atoms with Gasteiger partial charge < -0.3 is 5.32 Å². The van der Waals surface area contributed by atoms with Crippen molar-refractivity contribution in [2.24, 2.45) is 0 Å². The maximum Gasteiger partial charge on any atom is 0.255 e. The van der Waals surface area contributed by atoms with Gasteiger partial charge in [-0.3, -0.25) is 9.20 Å². The molecule has 7 heteroatoms. The minimum absolute atomic E-state index is 0.161. The van der Waals surface area contributed by atoms with Crippen molar-refractivity contribution in [1.82, 2.24) is 14.7 Å². The number of imidazole rings is 1. The van der Waals surface area contributed by atoms with Crippen molar-refractivity contribution in [3.05, 3.63) is 80.0 Å². The zero-order valence-corrected chi connectivity index (χ0v) is 20.9.